The molecule has 0 saturated heterocycles. The molecular formula is C14H10F6N2O3. The molecule has 0 aliphatic heterocycles. The summed E-state index contributed by atoms with van der Waals surface area (Å²) in [4.78, 5) is 11.5. The molecule has 136 valence electrons. The van der Waals surface area contributed by atoms with Crippen LogP contribution < -0.4 is 4.74 Å². The Hall–Kier alpha value is -2.72. The molecule has 5 nitrogen and oxygen atoms in total. The maximum absolute atomic E-state index is 12.7. The summed E-state index contributed by atoms with van der Waals surface area (Å²) >= 11 is 0. The minimum atomic E-state index is -5.20. The number of halogens is 6. The van der Waals surface area contributed by atoms with E-state index < -0.39 is 30.1 Å². The van der Waals surface area contributed by atoms with E-state index >= 15 is 0 Å². The van der Waals surface area contributed by atoms with Crippen LogP contribution in [0.4, 0.5) is 26.3 Å². The van der Waals surface area contributed by atoms with Crippen molar-refractivity contribution in [3.63, 3.8) is 0 Å². The molecule has 0 saturated carbocycles. The standard InChI is InChI=1S/C14H10F6N2O3/c1-2-24-12(23)8-3-5-9(6-4-8)22-11(25-14(18,19)20)7-10(21-22)13(15,16)17/h3-7H,2H2,1H3. The number of hydrogen-bond donors (Lipinski definition) is 0. The maximum atomic E-state index is 12.7. The predicted molar refractivity (Wildman–Crippen MR) is 71.2 cm³/mol. The van der Waals surface area contributed by atoms with Crippen LogP contribution >= 0.6 is 0 Å². The Morgan fingerprint density at radius 2 is 1.72 bits per heavy atom. The summed E-state index contributed by atoms with van der Waals surface area (Å²) in [6, 6.07) is 4.72. The van der Waals surface area contributed by atoms with E-state index in [0.717, 1.165) is 12.1 Å². The fraction of sp³-hybridized carbons (Fsp3) is 0.286. The third-order valence-electron chi connectivity index (χ3n) is 2.81. The molecule has 1 aromatic carbocycles. The molecular weight excluding hydrogens is 358 g/mol. The molecule has 0 aliphatic carbocycles. The first-order valence-electron chi connectivity index (χ1n) is 6.72. The number of benzene rings is 1. The lowest BCUT2D eigenvalue weighted by Gasteiger charge is -2.11. The largest absolute Gasteiger partial charge is 0.574 e. The third-order valence-corrected chi connectivity index (χ3v) is 2.81. The van der Waals surface area contributed by atoms with E-state index in [9.17, 15) is 31.1 Å². The van der Waals surface area contributed by atoms with E-state index in [4.69, 9.17) is 4.74 Å². The van der Waals surface area contributed by atoms with Gasteiger partial charge in [-0.05, 0) is 31.2 Å². The molecule has 0 N–H and O–H groups in total. The first kappa shape index (κ1) is 18.6. The summed E-state index contributed by atoms with van der Waals surface area (Å²) in [5.74, 6) is -1.85. The number of hydrogen-bond acceptors (Lipinski definition) is 4. The molecule has 1 heterocycles. The van der Waals surface area contributed by atoms with Gasteiger partial charge in [0.05, 0.1) is 17.9 Å². The molecule has 25 heavy (non-hydrogen) atoms. The molecule has 0 fully saturated rings. The molecule has 0 spiro atoms. The van der Waals surface area contributed by atoms with Gasteiger partial charge in [-0.1, -0.05) is 0 Å². The van der Waals surface area contributed by atoms with Gasteiger partial charge in [-0.25, -0.2) is 9.48 Å². The van der Waals surface area contributed by atoms with Gasteiger partial charge in [-0.2, -0.15) is 18.3 Å². The van der Waals surface area contributed by atoms with Crippen LogP contribution in [-0.4, -0.2) is 28.7 Å². The van der Waals surface area contributed by atoms with Crippen molar-refractivity contribution in [3.8, 4) is 11.6 Å². The molecule has 0 radical (unpaired) electrons. The number of alkyl halides is 6. The number of aromatic nitrogens is 2. The zero-order valence-corrected chi connectivity index (χ0v) is 12.5. The first-order chi connectivity index (χ1) is 11.5. The van der Waals surface area contributed by atoms with Gasteiger partial charge in [-0.15, -0.1) is 13.2 Å². The fourth-order valence-corrected chi connectivity index (χ4v) is 1.83. The highest BCUT2D eigenvalue weighted by Crippen LogP contribution is 2.34. The highest BCUT2D eigenvalue weighted by atomic mass is 19.4. The van der Waals surface area contributed by atoms with Gasteiger partial charge in [0.2, 0.25) is 5.88 Å². The molecule has 1 aromatic heterocycles. The van der Waals surface area contributed by atoms with Gasteiger partial charge in [0, 0.05) is 6.07 Å². The van der Waals surface area contributed by atoms with Gasteiger partial charge < -0.3 is 9.47 Å². The van der Waals surface area contributed by atoms with E-state index in [2.05, 4.69) is 9.84 Å². The Bertz CT molecular complexity index is 749. The number of esters is 1. The molecule has 0 aliphatic rings. The zero-order valence-electron chi connectivity index (χ0n) is 12.5. The minimum absolute atomic E-state index is 0.0760. The summed E-state index contributed by atoms with van der Waals surface area (Å²) < 4.78 is 84.0. The van der Waals surface area contributed by atoms with Crippen molar-refractivity contribution in [2.45, 2.75) is 19.5 Å². The zero-order chi connectivity index (χ0) is 18.8. The van der Waals surface area contributed by atoms with Crippen LogP contribution in [0, 0.1) is 0 Å². The summed E-state index contributed by atoms with van der Waals surface area (Å²) in [6.45, 7) is 1.69. The lowest BCUT2D eigenvalue weighted by molar-refractivity contribution is -0.276. The van der Waals surface area contributed by atoms with E-state index in [0.29, 0.717) is 4.68 Å². The average molecular weight is 368 g/mol. The fourth-order valence-electron chi connectivity index (χ4n) is 1.83. The summed E-state index contributed by atoms with van der Waals surface area (Å²) in [7, 11) is 0. The minimum Gasteiger partial charge on any atom is -0.462 e. The number of rotatable bonds is 4. The van der Waals surface area contributed by atoms with Crippen LogP contribution in [0.1, 0.15) is 23.0 Å². The van der Waals surface area contributed by atoms with Crippen molar-refractivity contribution in [1.29, 1.82) is 0 Å². The molecule has 11 heteroatoms. The monoisotopic (exact) mass is 368 g/mol. The van der Waals surface area contributed by atoms with Gasteiger partial charge in [-0.3, -0.25) is 0 Å². The summed E-state index contributed by atoms with van der Waals surface area (Å²) in [5, 5.41) is 3.10. The summed E-state index contributed by atoms with van der Waals surface area (Å²) in [6.07, 6.45) is -10.2. The SMILES string of the molecule is CCOC(=O)c1ccc(-n2nc(C(F)(F)F)cc2OC(F)(F)F)cc1. The lowest BCUT2D eigenvalue weighted by atomic mass is 10.2. The van der Waals surface area contributed by atoms with Gasteiger partial charge in [0.15, 0.2) is 5.69 Å². The lowest BCUT2D eigenvalue weighted by Crippen LogP contribution is -2.19. The Morgan fingerprint density at radius 3 is 2.20 bits per heavy atom. The van der Waals surface area contributed by atoms with Gasteiger partial charge in [0.1, 0.15) is 0 Å². The van der Waals surface area contributed by atoms with Crippen LogP contribution in [0.5, 0.6) is 5.88 Å². The second-order valence-electron chi connectivity index (χ2n) is 4.59. The van der Waals surface area contributed by atoms with Crippen molar-refractivity contribution in [2.75, 3.05) is 6.61 Å². The van der Waals surface area contributed by atoms with Crippen molar-refractivity contribution in [3.05, 3.63) is 41.6 Å². The van der Waals surface area contributed by atoms with E-state index in [1.165, 1.54) is 12.1 Å². The molecule has 0 atom stereocenters. The molecule has 0 unspecified atom stereocenters. The Labute approximate surface area is 136 Å². The van der Waals surface area contributed by atoms with Crippen LogP contribution in [0.25, 0.3) is 5.69 Å². The third kappa shape index (κ3) is 4.64. The Balaban J connectivity index is 2.43. The van der Waals surface area contributed by atoms with Crippen molar-refractivity contribution >= 4 is 5.97 Å². The highest BCUT2D eigenvalue weighted by molar-refractivity contribution is 5.89. The van der Waals surface area contributed by atoms with Gasteiger partial charge >= 0.3 is 18.5 Å². The van der Waals surface area contributed by atoms with Crippen LogP contribution in [-0.2, 0) is 10.9 Å². The van der Waals surface area contributed by atoms with Crippen molar-refractivity contribution < 1.29 is 40.6 Å². The quantitative estimate of drug-likeness (QED) is 0.605. The molecule has 2 rings (SSSR count). The Kier molecular flexibility index (Phi) is 4.95. The maximum Gasteiger partial charge on any atom is 0.574 e. The molecule has 2 aromatic rings. The van der Waals surface area contributed by atoms with Crippen LogP contribution in [0.15, 0.2) is 30.3 Å². The predicted octanol–water partition coefficient (Wildman–Crippen LogP) is 3.97. The van der Waals surface area contributed by atoms with Crippen LogP contribution in [0.3, 0.4) is 0 Å². The van der Waals surface area contributed by atoms with E-state index in [-0.39, 0.29) is 23.9 Å². The number of carbonyl (C=O) groups is 1. The van der Waals surface area contributed by atoms with Crippen LogP contribution in [0.2, 0.25) is 0 Å². The van der Waals surface area contributed by atoms with E-state index in [1.54, 1.807) is 6.92 Å². The first-order valence-corrected chi connectivity index (χ1v) is 6.72. The highest BCUT2D eigenvalue weighted by Gasteiger charge is 2.39. The molecule has 0 amide bonds. The second-order valence-corrected chi connectivity index (χ2v) is 4.59. The van der Waals surface area contributed by atoms with Crippen molar-refractivity contribution in [2.24, 2.45) is 0 Å². The average Bonchev–Trinajstić information content (AvgIpc) is 2.89. The summed E-state index contributed by atoms with van der Waals surface area (Å²) in [5.41, 5.74) is -1.64. The normalized spacial score (nSPS) is 12.1. The van der Waals surface area contributed by atoms with E-state index in [1.807, 2.05) is 0 Å². The Morgan fingerprint density at radius 1 is 1.12 bits per heavy atom. The van der Waals surface area contributed by atoms with Gasteiger partial charge in [0.25, 0.3) is 0 Å². The molecule has 0 bridgehead atoms. The number of carbonyl (C=O) groups excluding carboxylic acids is 1. The topological polar surface area (TPSA) is 53.4 Å². The van der Waals surface area contributed by atoms with Crippen molar-refractivity contribution in [1.82, 2.24) is 9.78 Å². The second kappa shape index (κ2) is 6.65. The number of nitrogens with zero attached hydrogens (tertiary/aromatic N) is 2. The number of ether oxygens (including phenoxy) is 2. The smallest absolute Gasteiger partial charge is 0.462 e.